The summed E-state index contributed by atoms with van der Waals surface area (Å²) in [5.74, 6) is 0. The standard InChI is InChI=1S/C142H163N5S/c1-8-15-22-28-34-47-94-140(95-48-35-29-23-16-9-2)132-58-45-43-56-126(132)128-88-74-114(101-134(128)140)111-72-82-121(83-73-111)147(119-78-62-106(63-79-119)53-21-14-7)123-86-84-122(85-87-123)146(118-54-41-40-42-55-118)120-80-70-109(71-81-120)108-66-68-112(69-67-108)117(105-143)100-107-60-64-110(65-61-107)113-75-89-130-131-91-77-116(104-137(131)142(135(130)102-113,98-51-38-32-26-19-12-5)99-52-39-33-27-20-13-6)125-93-92-124(138-139(125)145-148-144-138)115-76-90-129-127-57-44-46-59-133(127)141(136(129)103-115,96-49-36-30-24-17-10-3)97-50-37-31-25-18-11-4/h40-46,54-93,100-104H,8-39,47-53,94-99H2,1-7H3/b117-100-. The molecule has 0 aliphatic heterocycles. The Morgan fingerprint density at radius 2 is 0.500 bits per heavy atom. The molecule has 148 heavy (non-hydrogen) atoms. The van der Waals surface area contributed by atoms with Gasteiger partial charge in [0, 0.05) is 61.5 Å². The first-order valence-corrected chi connectivity index (χ1v) is 59.2. The summed E-state index contributed by atoms with van der Waals surface area (Å²) in [6.45, 7) is 16.3. The number of nitriles is 1. The minimum absolute atomic E-state index is 0.00704. The third-order valence-corrected chi connectivity index (χ3v) is 34.4. The third-order valence-electron chi connectivity index (χ3n) is 33.9. The molecule has 18 rings (SSSR count). The predicted octanol–water partition coefficient (Wildman–Crippen LogP) is 43.7. The molecule has 5 nitrogen and oxygen atoms in total. The van der Waals surface area contributed by atoms with E-state index >= 15 is 0 Å². The van der Waals surface area contributed by atoms with Crippen molar-refractivity contribution in [2.45, 2.75) is 354 Å². The Bertz CT molecular complexity index is 6800. The molecule has 14 aromatic carbocycles. The highest BCUT2D eigenvalue weighted by molar-refractivity contribution is 7.00. The number of hydrogen-bond donors (Lipinski definition) is 0. The topological polar surface area (TPSA) is 56.0 Å². The van der Waals surface area contributed by atoms with Crippen LogP contribution in [0, 0.1) is 11.3 Å². The van der Waals surface area contributed by atoms with Gasteiger partial charge in [0.15, 0.2) is 0 Å². The molecule has 0 bridgehead atoms. The average molecular weight is 1970 g/mol. The number of aryl methyl sites for hydroxylation is 1. The first-order valence-electron chi connectivity index (χ1n) is 58.5. The van der Waals surface area contributed by atoms with Gasteiger partial charge in [0.1, 0.15) is 11.0 Å². The summed E-state index contributed by atoms with van der Waals surface area (Å²) in [4.78, 5) is 4.79. The van der Waals surface area contributed by atoms with Crippen molar-refractivity contribution in [3.05, 3.63) is 359 Å². The molecule has 0 radical (unpaired) electrons. The van der Waals surface area contributed by atoms with E-state index in [-0.39, 0.29) is 16.2 Å². The predicted molar refractivity (Wildman–Crippen MR) is 639 cm³/mol. The van der Waals surface area contributed by atoms with Gasteiger partial charge in [0.05, 0.1) is 23.4 Å². The quantitative estimate of drug-likeness (QED) is 0.0216. The summed E-state index contributed by atoms with van der Waals surface area (Å²) in [5, 5.41) is 11.0. The zero-order valence-corrected chi connectivity index (χ0v) is 91.3. The highest BCUT2D eigenvalue weighted by Crippen LogP contribution is 2.60. The van der Waals surface area contributed by atoms with Crippen LogP contribution in [0.3, 0.4) is 0 Å². The average Bonchev–Trinajstić information content (AvgIpc) is 1.56. The number of allylic oxidation sites excluding steroid dienone is 1. The lowest BCUT2D eigenvalue weighted by atomic mass is 9.70. The van der Waals surface area contributed by atoms with E-state index in [1.807, 2.05) is 0 Å². The van der Waals surface area contributed by atoms with Crippen LogP contribution < -0.4 is 9.80 Å². The van der Waals surface area contributed by atoms with Crippen LogP contribution in [0.5, 0.6) is 0 Å². The number of fused-ring (bicyclic) bond motifs is 10. The molecule has 0 atom stereocenters. The van der Waals surface area contributed by atoms with Crippen LogP contribution in [0.4, 0.5) is 34.1 Å². The highest BCUT2D eigenvalue weighted by Gasteiger charge is 2.46. The number of unbranched alkanes of at least 4 members (excludes halogenated alkanes) is 31. The number of aromatic nitrogens is 2. The number of nitrogens with zero attached hydrogens (tertiary/aromatic N) is 5. The van der Waals surface area contributed by atoms with Crippen LogP contribution in [0.2, 0.25) is 0 Å². The fourth-order valence-corrected chi connectivity index (χ4v) is 26.2. The van der Waals surface area contributed by atoms with E-state index in [0.717, 1.165) is 86.7 Å². The van der Waals surface area contributed by atoms with E-state index < -0.39 is 0 Å². The zero-order chi connectivity index (χ0) is 102. The lowest BCUT2D eigenvalue weighted by molar-refractivity contribution is 0.398. The molecule has 3 aliphatic carbocycles. The highest BCUT2D eigenvalue weighted by atomic mass is 32.1. The normalized spacial score (nSPS) is 13.3. The molecule has 0 saturated heterocycles. The van der Waals surface area contributed by atoms with Gasteiger partial charge < -0.3 is 9.80 Å². The monoisotopic (exact) mass is 1970 g/mol. The summed E-state index contributed by atoms with van der Waals surface area (Å²) >= 11 is 1.36. The molecule has 0 saturated carbocycles. The van der Waals surface area contributed by atoms with Crippen molar-refractivity contribution < 1.29 is 0 Å². The number of rotatable bonds is 58. The van der Waals surface area contributed by atoms with Crippen LogP contribution in [0.1, 0.15) is 381 Å². The molecular formula is C142H163N5S. The van der Waals surface area contributed by atoms with Crippen molar-refractivity contribution in [1.82, 2.24) is 8.75 Å². The molecule has 15 aromatic rings. The third kappa shape index (κ3) is 24.1. The van der Waals surface area contributed by atoms with Crippen molar-refractivity contribution in [3.8, 4) is 95.1 Å². The van der Waals surface area contributed by atoms with E-state index in [2.05, 4.69) is 380 Å². The van der Waals surface area contributed by atoms with Gasteiger partial charge in [0.2, 0.25) is 0 Å². The number of benzene rings is 14. The van der Waals surface area contributed by atoms with Gasteiger partial charge >= 0.3 is 0 Å². The fraction of sp³-hybridized carbons (Fsp3) is 0.387. The second kappa shape index (κ2) is 52.3. The smallest absolute Gasteiger partial charge is 0.113 e. The minimum atomic E-state index is -0.162. The SMILES string of the molecule is CCCCCCCCC1(CCCCCCCC)c2ccccc2-c2ccc(-c3ccc(N(c4ccc(CCCC)cc4)c4ccc(N(c5ccccc5)c5ccc(-c6ccc(/C(C#N)=C\c7ccc(-c8ccc9c(c8)C(CCCCCCCC)(CCCCCCCC)c8cc(-c%10ccc(-c%11ccc%12c(c%11)C(CCCCCCCC)(CCCCCCCC)c%11ccccc%11-%12)c%11nsnc%10%11)ccc8-9)cc7)cc6)cc5)cc4)cc3)cc21. The molecule has 1 heterocycles. The summed E-state index contributed by atoms with van der Waals surface area (Å²) in [5.41, 5.74) is 42.0. The molecular weight excluding hydrogens is 1810 g/mol. The van der Waals surface area contributed by atoms with E-state index in [1.54, 1.807) is 16.7 Å². The largest absolute Gasteiger partial charge is 0.311 e. The molecule has 1 aromatic heterocycles. The van der Waals surface area contributed by atoms with Crippen molar-refractivity contribution in [1.29, 1.82) is 5.26 Å². The van der Waals surface area contributed by atoms with Gasteiger partial charge in [-0.1, -0.05) is 498 Å². The Hall–Kier alpha value is -12.3. The Morgan fingerprint density at radius 3 is 0.851 bits per heavy atom. The maximum absolute atomic E-state index is 11.0. The molecule has 0 fully saturated rings. The molecule has 0 N–H and O–H groups in total. The lowest BCUT2D eigenvalue weighted by Gasteiger charge is -2.33. The first-order chi connectivity index (χ1) is 73.1. The number of anilines is 6. The van der Waals surface area contributed by atoms with E-state index in [1.165, 1.54) is 382 Å². The van der Waals surface area contributed by atoms with Gasteiger partial charge in [-0.15, -0.1) is 0 Å². The molecule has 3 aliphatic rings. The summed E-state index contributed by atoms with van der Waals surface area (Å²) in [6, 6.07) is 121. The summed E-state index contributed by atoms with van der Waals surface area (Å²) in [6.07, 6.45) is 59.0. The Morgan fingerprint density at radius 1 is 0.243 bits per heavy atom. The van der Waals surface area contributed by atoms with Crippen molar-refractivity contribution in [3.63, 3.8) is 0 Å². The van der Waals surface area contributed by atoms with Crippen LogP contribution in [0.15, 0.2) is 309 Å². The van der Waals surface area contributed by atoms with Crippen molar-refractivity contribution >= 4 is 68.5 Å². The van der Waals surface area contributed by atoms with Gasteiger partial charge in [0.25, 0.3) is 0 Å². The van der Waals surface area contributed by atoms with Crippen LogP contribution >= 0.6 is 11.7 Å². The first kappa shape index (κ1) is 106. The van der Waals surface area contributed by atoms with E-state index in [9.17, 15) is 5.26 Å². The maximum Gasteiger partial charge on any atom is 0.113 e. The molecule has 6 heteroatoms. The maximum atomic E-state index is 11.0. The number of para-hydroxylation sites is 1. The molecule has 762 valence electrons. The minimum Gasteiger partial charge on any atom is -0.311 e. The Kier molecular flexibility index (Phi) is 37.3. The Balaban J connectivity index is 0.592. The van der Waals surface area contributed by atoms with Gasteiger partial charge in [-0.05, 0) is 282 Å². The molecule has 0 spiro atoms. The van der Waals surface area contributed by atoms with Crippen LogP contribution in [-0.2, 0) is 22.7 Å². The van der Waals surface area contributed by atoms with Crippen molar-refractivity contribution in [2.24, 2.45) is 0 Å². The van der Waals surface area contributed by atoms with Gasteiger partial charge in [-0.3, -0.25) is 0 Å². The lowest BCUT2D eigenvalue weighted by Crippen LogP contribution is -2.25. The number of hydrogen-bond acceptors (Lipinski definition) is 6. The summed E-state index contributed by atoms with van der Waals surface area (Å²) < 4.78 is 10.5. The molecule has 0 unspecified atom stereocenters. The second-order valence-electron chi connectivity index (χ2n) is 43.9. The fourth-order valence-electron chi connectivity index (χ4n) is 25.6. The van der Waals surface area contributed by atoms with Crippen LogP contribution in [0.25, 0.3) is 112 Å². The van der Waals surface area contributed by atoms with E-state index in [0.29, 0.717) is 5.57 Å². The van der Waals surface area contributed by atoms with Crippen LogP contribution in [-0.4, -0.2) is 8.75 Å². The van der Waals surface area contributed by atoms with Crippen molar-refractivity contribution in [2.75, 3.05) is 9.80 Å². The molecule has 0 amide bonds. The van der Waals surface area contributed by atoms with E-state index in [4.69, 9.17) is 8.75 Å². The van der Waals surface area contributed by atoms with Gasteiger partial charge in [-0.2, -0.15) is 14.0 Å². The second-order valence-corrected chi connectivity index (χ2v) is 44.4. The van der Waals surface area contributed by atoms with Gasteiger partial charge in [-0.25, -0.2) is 0 Å². The summed E-state index contributed by atoms with van der Waals surface area (Å²) in [7, 11) is 0. The zero-order valence-electron chi connectivity index (χ0n) is 90.5. The Labute approximate surface area is 894 Å².